The summed E-state index contributed by atoms with van der Waals surface area (Å²) in [5.74, 6) is 2.52. The first-order valence-corrected chi connectivity index (χ1v) is 7.58. The standard InChI is InChI=1S/C16H19N3O/c1-19-15(20)13(9-17)5-14(18-19)16-6-10-2-11(7-16)4-12(3-10)8-16/h5,10-12H,2-4,6-8H2,1H3. The molecule has 0 aliphatic heterocycles. The van der Waals surface area contributed by atoms with E-state index in [4.69, 9.17) is 5.26 Å². The molecule has 1 aromatic rings. The van der Waals surface area contributed by atoms with E-state index in [2.05, 4.69) is 5.10 Å². The van der Waals surface area contributed by atoms with Crippen LogP contribution < -0.4 is 5.56 Å². The average molecular weight is 269 g/mol. The van der Waals surface area contributed by atoms with Gasteiger partial charge in [0.2, 0.25) is 0 Å². The van der Waals surface area contributed by atoms with Gasteiger partial charge in [0.1, 0.15) is 11.6 Å². The van der Waals surface area contributed by atoms with Gasteiger partial charge < -0.3 is 0 Å². The van der Waals surface area contributed by atoms with E-state index in [1.165, 1.54) is 43.2 Å². The number of nitriles is 1. The van der Waals surface area contributed by atoms with E-state index in [-0.39, 0.29) is 16.5 Å². The SMILES string of the molecule is Cn1nc(C23CC4CC(CC(C4)C2)C3)cc(C#N)c1=O. The Morgan fingerprint density at radius 3 is 2.30 bits per heavy atom. The van der Waals surface area contributed by atoms with Crippen LogP contribution in [0.25, 0.3) is 0 Å². The van der Waals surface area contributed by atoms with Crippen molar-refractivity contribution in [2.75, 3.05) is 0 Å². The summed E-state index contributed by atoms with van der Waals surface area (Å²) in [4.78, 5) is 11.9. The monoisotopic (exact) mass is 269 g/mol. The first-order valence-electron chi connectivity index (χ1n) is 7.58. The van der Waals surface area contributed by atoms with Gasteiger partial charge in [0.25, 0.3) is 5.56 Å². The van der Waals surface area contributed by atoms with Crippen LogP contribution >= 0.6 is 0 Å². The molecule has 4 fully saturated rings. The number of nitrogens with zero attached hydrogens (tertiary/aromatic N) is 3. The summed E-state index contributed by atoms with van der Waals surface area (Å²) >= 11 is 0. The predicted molar refractivity (Wildman–Crippen MR) is 74.0 cm³/mol. The maximum absolute atomic E-state index is 11.9. The van der Waals surface area contributed by atoms with Crippen LogP contribution in [0.5, 0.6) is 0 Å². The van der Waals surface area contributed by atoms with E-state index in [9.17, 15) is 4.79 Å². The summed E-state index contributed by atoms with van der Waals surface area (Å²) in [5.41, 5.74) is 1.11. The smallest absolute Gasteiger partial charge is 0.266 e. The maximum Gasteiger partial charge on any atom is 0.284 e. The lowest BCUT2D eigenvalue weighted by Crippen LogP contribution is -2.49. The Morgan fingerprint density at radius 2 is 1.80 bits per heavy atom. The quantitative estimate of drug-likeness (QED) is 0.784. The molecule has 0 radical (unpaired) electrons. The molecule has 104 valence electrons. The summed E-state index contributed by atoms with van der Waals surface area (Å²) in [6.07, 6.45) is 7.77. The van der Waals surface area contributed by atoms with Gasteiger partial charge in [-0.15, -0.1) is 0 Å². The highest BCUT2D eigenvalue weighted by molar-refractivity contribution is 5.32. The Morgan fingerprint density at radius 1 is 1.25 bits per heavy atom. The van der Waals surface area contributed by atoms with E-state index in [0.29, 0.717) is 0 Å². The van der Waals surface area contributed by atoms with Crippen molar-refractivity contribution >= 4 is 0 Å². The lowest BCUT2D eigenvalue weighted by Gasteiger charge is -2.56. The number of aromatic nitrogens is 2. The molecule has 0 saturated heterocycles. The zero-order valence-corrected chi connectivity index (χ0v) is 11.8. The largest absolute Gasteiger partial charge is 0.284 e. The Kier molecular flexibility index (Phi) is 2.39. The third kappa shape index (κ3) is 1.59. The summed E-state index contributed by atoms with van der Waals surface area (Å²) in [5, 5.41) is 13.7. The highest BCUT2D eigenvalue weighted by Crippen LogP contribution is 2.60. The first kappa shape index (κ1) is 12.1. The molecule has 5 rings (SSSR count). The second-order valence-corrected chi connectivity index (χ2v) is 7.18. The minimum absolute atomic E-state index is 0.145. The molecular formula is C16H19N3O. The Labute approximate surface area is 118 Å². The molecule has 4 bridgehead atoms. The van der Waals surface area contributed by atoms with Crippen molar-refractivity contribution < 1.29 is 0 Å². The van der Waals surface area contributed by atoms with Gasteiger partial charge in [-0.3, -0.25) is 4.79 Å². The molecular weight excluding hydrogens is 250 g/mol. The fourth-order valence-electron chi connectivity index (χ4n) is 5.37. The number of hydrogen-bond donors (Lipinski definition) is 0. The molecule has 0 aromatic carbocycles. The van der Waals surface area contributed by atoms with Crippen LogP contribution in [0.4, 0.5) is 0 Å². The van der Waals surface area contributed by atoms with Gasteiger partial charge in [-0.2, -0.15) is 10.4 Å². The van der Waals surface area contributed by atoms with E-state index in [1.54, 1.807) is 13.1 Å². The van der Waals surface area contributed by atoms with Gasteiger partial charge in [0, 0.05) is 12.5 Å². The van der Waals surface area contributed by atoms with Crippen LogP contribution in [0.15, 0.2) is 10.9 Å². The summed E-state index contributed by atoms with van der Waals surface area (Å²) in [6, 6.07) is 3.81. The Bertz CT molecular complexity index is 632. The molecule has 0 spiro atoms. The van der Waals surface area contributed by atoms with Crippen molar-refractivity contribution in [3.63, 3.8) is 0 Å². The molecule has 4 aliphatic rings. The maximum atomic E-state index is 11.9. The summed E-state index contributed by atoms with van der Waals surface area (Å²) < 4.78 is 1.35. The van der Waals surface area contributed by atoms with Crippen molar-refractivity contribution in [1.29, 1.82) is 5.26 Å². The molecule has 0 amide bonds. The van der Waals surface area contributed by atoms with Crippen molar-refractivity contribution in [3.8, 4) is 6.07 Å². The van der Waals surface area contributed by atoms with Gasteiger partial charge in [-0.25, -0.2) is 4.68 Å². The highest BCUT2D eigenvalue weighted by Gasteiger charge is 2.52. The fraction of sp³-hybridized carbons (Fsp3) is 0.688. The highest BCUT2D eigenvalue weighted by atomic mass is 16.1. The van der Waals surface area contributed by atoms with Crippen molar-refractivity contribution in [3.05, 3.63) is 27.7 Å². The molecule has 4 nitrogen and oxygen atoms in total. The first-order chi connectivity index (χ1) is 9.59. The van der Waals surface area contributed by atoms with Gasteiger partial charge in [0.15, 0.2) is 0 Å². The lowest BCUT2D eigenvalue weighted by molar-refractivity contribution is -0.00799. The predicted octanol–water partition coefficient (Wildman–Crippen LogP) is 2.12. The van der Waals surface area contributed by atoms with Crippen LogP contribution in [0.1, 0.15) is 49.8 Å². The molecule has 20 heavy (non-hydrogen) atoms. The minimum atomic E-state index is -0.277. The number of aryl methyl sites for hydroxylation is 1. The van der Waals surface area contributed by atoms with Gasteiger partial charge in [-0.1, -0.05) is 0 Å². The molecule has 1 heterocycles. The van der Waals surface area contributed by atoms with Crippen molar-refractivity contribution in [2.45, 2.75) is 43.9 Å². The van der Waals surface area contributed by atoms with E-state index >= 15 is 0 Å². The molecule has 0 unspecified atom stereocenters. The summed E-state index contributed by atoms with van der Waals surface area (Å²) in [7, 11) is 1.66. The molecule has 4 aliphatic carbocycles. The Balaban J connectivity index is 1.83. The van der Waals surface area contributed by atoms with Crippen molar-refractivity contribution in [1.82, 2.24) is 9.78 Å². The Hall–Kier alpha value is -1.63. The topological polar surface area (TPSA) is 58.7 Å². The van der Waals surface area contributed by atoms with Crippen molar-refractivity contribution in [2.24, 2.45) is 24.8 Å². The third-order valence-electron chi connectivity index (χ3n) is 5.77. The second kappa shape index (κ2) is 3.94. The van der Waals surface area contributed by atoms with E-state index < -0.39 is 0 Å². The van der Waals surface area contributed by atoms with Crippen LogP contribution in [-0.4, -0.2) is 9.78 Å². The van der Waals surface area contributed by atoms with Crippen LogP contribution in [0.3, 0.4) is 0 Å². The van der Waals surface area contributed by atoms with Crippen LogP contribution in [0.2, 0.25) is 0 Å². The zero-order valence-electron chi connectivity index (χ0n) is 11.8. The van der Waals surface area contributed by atoms with Gasteiger partial charge in [-0.05, 0) is 62.3 Å². The van der Waals surface area contributed by atoms with Crippen LogP contribution in [0, 0.1) is 29.1 Å². The van der Waals surface area contributed by atoms with Gasteiger partial charge in [0.05, 0.1) is 5.69 Å². The lowest BCUT2D eigenvalue weighted by atomic mass is 9.49. The van der Waals surface area contributed by atoms with Crippen LogP contribution in [-0.2, 0) is 12.5 Å². The van der Waals surface area contributed by atoms with E-state index in [1.807, 2.05) is 6.07 Å². The number of rotatable bonds is 1. The third-order valence-corrected chi connectivity index (χ3v) is 5.77. The molecule has 4 saturated carbocycles. The average Bonchev–Trinajstić information content (AvgIpc) is 2.40. The molecule has 1 aromatic heterocycles. The van der Waals surface area contributed by atoms with E-state index in [0.717, 1.165) is 23.4 Å². The summed E-state index contributed by atoms with van der Waals surface area (Å²) in [6.45, 7) is 0. The molecule has 4 heteroatoms. The van der Waals surface area contributed by atoms with Gasteiger partial charge >= 0.3 is 0 Å². The molecule has 0 atom stereocenters. The minimum Gasteiger partial charge on any atom is -0.266 e. The normalized spacial score (nSPS) is 37.9. The number of hydrogen-bond acceptors (Lipinski definition) is 3. The fourth-order valence-corrected chi connectivity index (χ4v) is 5.37. The zero-order chi connectivity index (χ0) is 13.9. The molecule has 0 N–H and O–H groups in total. The second-order valence-electron chi connectivity index (χ2n) is 7.18.